The zero-order valence-electron chi connectivity index (χ0n) is 17.9. The summed E-state index contributed by atoms with van der Waals surface area (Å²) in [7, 11) is 0. The minimum atomic E-state index is -0.402. The number of amides is 2. The second-order valence-electron chi connectivity index (χ2n) is 8.34. The van der Waals surface area contributed by atoms with Gasteiger partial charge >= 0.3 is 0 Å². The molecule has 0 radical (unpaired) electrons. The molecule has 1 aromatic heterocycles. The van der Waals surface area contributed by atoms with Gasteiger partial charge in [0.25, 0.3) is 11.8 Å². The molecule has 6 nitrogen and oxygen atoms in total. The molecular formula is C26H26N4O2. The highest BCUT2D eigenvalue weighted by molar-refractivity contribution is 6.31. The summed E-state index contributed by atoms with van der Waals surface area (Å²) in [6.07, 6.45) is 9.44. The van der Waals surface area contributed by atoms with E-state index < -0.39 is 5.91 Å². The number of aromatic nitrogens is 1. The maximum atomic E-state index is 12.6. The van der Waals surface area contributed by atoms with Crippen molar-refractivity contribution in [1.82, 2.24) is 14.8 Å². The van der Waals surface area contributed by atoms with E-state index in [1.165, 1.54) is 37.9 Å². The van der Waals surface area contributed by atoms with Crippen molar-refractivity contribution in [3.8, 4) is 5.69 Å². The first-order chi connectivity index (χ1) is 15.7. The van der Waals surface area contributed by atoms with E-state index in [2.05, 4.69) is 27.7 Å². The number of nitrogens with zero attached hydrogens (tertiary/aromatic N) is 2. The van der Waals surface area contributed by atoms with Crippen LogP contribution in [-0.4, -0.2) is 34.4 Å². The molecule has 0 atom stereocenters. The van der Waals surface area contributed by atoms with Gasteiger partial charge in [-0.2, -0.15) is 0 Å². The number of nitrogens with one attached hydrogen (secondary N) is 2. The number of likely N-dealkylation sites (tertiary alicyclic amines) is 1. The molecule has 162 valence electrons. The molecule has 2 aliphatic heterocycles. The molecule has 6 heteroatoms. The number of piperidine rings is 1. The van der Waals surface area contributed by atoms with Gasteiger partial charge in [-0.3, -0.25) is 19.8 Å². The third kappa shape index (κ3) is 4.22. The third-order valence-electron chi connectivity index (χ3n) is 6.10. The Morgan fingerprint density at radius 1 is 0.875 bits per heavy atom. The van der Waals surface area contributed by atoms with Crippen molar-refractivity contribution in [2.24, 2.45) is 0 Å². The SMILES string of the molecule is O=C1NC(=O)c2ccc(-n3cccc3)cc2/C1=C/Nc1ccc(CN2CCCCC2)cc1. The van der Waals surface area contributed by atoms with Crippen molar-refractivity contribution in [3.63, 3.8) is 0 Å². The van der Waals surface area contributed by atoms with Crippen molar-refractivity contribution < 1.29 is 9.59 Å². The molecule has 3 aromatic rings. The van der Waals surface area contributed by atoms with Gasteiger partial charge < -0.3 is 9.88 Å². The lowest BCUT2D eigenvalue weighted by Gasteiger charge is -2.26. The van der Waals surface area contributed by atoms with E-state index in [1.54, 1.807) is 12.3 Å². The Morgan fingerprint density at radius 2 is 1.62 bits per heavy atom. The Balaban J connectivity index is 1.36. The summed E-state index contributed by atoms with van der Waals surface area (Å²) < 4.78 is 1.95. The van der Waals surface area contributed by atoms with E-state index in [9.17, 15) is 9.59 Å². The number of fused-ring (bicyclic) bond motifs is 1. The quantitative estimate of drug-likeness (QED) is 0.474. The van der Waals surface area contributed by atoms with Gasteiger partial charge in [-0.1, -0.05) is 18.6 Å². The first-order valence-electron chi connectivity index (χ1n) is 11.1. The zero-order valence-corrected chi connectivity index (χ0v) is 17.9. The van der Waals surface area contributed by atoms with E-state index >= 15 is 0 Å². The van der Waals surface area contributed by atoms with E-state index in [-0.39, 0.29) is 5.91 Å². The summed E-state index contributed by atoms with van der Waals surface area (Å²) in [4.78, 5) is 27.4. The molecule has 2 aliphatic rings. The topological polar surface area (TPSA) is 66.4 Å². The minimum absolute atomic E-state index is 0.372. The molecule has 0 unspecified atom stereocenters. The van der Waals surface area contributed by atoms with Gasteiger partial charge in [0, 0.05) is 47.6 Å². The molecular weight excluding hydrogens is 400 g/mol. The van der Waals surface area contributed by atoms with Crippen LogP contribution < -0.4 is 10.6 Å². The van der Waals surface area contributed by atoms with Gasteiger partial charge in [0.2, 0.25) is 0 Å². The summed E-state index contributed by atoms with van der Waals surface area (Å²) in [5, 5.41) is 5.66. The monoisotopic (exact) mass is 426 g/mol. The molecule has 5 rings (SSSR count). The smallest absolute Gasteiger partial charge is 0.260 e. The number of anilines is 1. The molecule has 0 saturated carbocycles. The van der Waals surface area contributed by atoms with E-state index in [4.69, 9.17) is 0 Å². The van der Waals surface area contributed by atoms with Gasteiger partial charge in [0.1, 0.15) is 0 Å². The number of hydrogen-bond acceptors (Lipinski definition) is 4. The van der Waals surface area contributed by atoms with Crippen LogP contribution in [0.1, 0.15) is 40.7 Å². The van der Waals surface area contributed by atoms with Gasteiger partial charge in [0.05, 0.1) is 5.57 Å². The van der Waals surface area contributed by atoms with Crippen LogP contribution in [0, 0.1) is 0 Å². The standard InChI is InChI=1S/C26H26N4O2/c31-25-22-11-10-21(30-14-4-5-15-30)16-23(22)24(26(32)28-25)17-27-20-8-6-19(7-9-20)18-29-12-2-1-3-13-29/h4-11,14-17,27H,1-3,12-13,18H2,(H,28,31,32)/b24-17-. The van der Waals surface area contributed by atoms with Crippen molar-refractivity contribution in [2.75, 3.05) is 18.4 Å². The third-order valence-corrected chi connectivity index (χ3v) is 6.10. The van der Waals surface area contributed by atoms with Crippen molar-refractivity contribution >= 4 is 23.1 Å². The van der Waals surface area contributed by atoms with Gasteiger partial charge in [-0.15, -0.1) is 0 Å². The van der Waals surface area contributed by atoms with Crippen LogP contribution in [0.3, 0.4) is 0 Å². The van der Waals surface area contributed by atoms with E-state index in [1.807, 2.05) is 53.4 Å². The lowest BCUT2D eigenvalue weighted by atomic mass is 9.95. The molecule has 2 N–H and O–H groups in total. The lowest BCUT2D eigenvalue weighted by molar-refractivity contribution is -0.114. The summed E-state index contributed by atoms with van der Waals surface area (Å²) in [6, 6.07) is 17.7. The van der Waals surface area contributed by atoms with Crippen LogP contribution in [0.15, 0.2) is 73.2 Å². The van der Waals surface area contributed by atoms with E-state index in [0.717, 1.165) is 17.9 Å². The predicted molar refractivity (Wildman–Crippen MR) is 125 cm³/mol. The van der Waals surface area contributed by atoms with Crippen molar-refractivity contribution in [1.29, 1.82) is 0 Å². The fourth-order valence-electron chi connectivity index (χ4n) is 4.36. The number of carbonyl (C=O) groups excluding carboxylic acids is 2. The van der Waals surface area contributed by atoms with Crippen LogP contribution in [-0.2, 0) is 11.3 Å². The first-order valence-corrected chi connectivity index (χ1v) is 11.1. The van der Waals surface area contributed by atoms with Crippen LogP contribution >= 0.6 is 0 Å². The Bertz CT molecular complexity index is 1160. The largest absolute Gasteiger partial charge is 0.361 e. The maximum Gasteiger partial charge on any atom is 0.260 e. The fourth-order valence-corrected chi connectivity index (χ4v) is 4.36. The number of imide groups is 1. The number of rotatable bonds is 5. The summed E-state index contributed by atoms with van der Waals surface area (Å²) in [5.74, 6) is -0.773. The molecule has 2 aromatic carbocycles. The normalized spacial score (nSPS) is 17.8. The highest BCUT2D eigenvalue weighted by Gasteiger charge is 2.27. The first kappa shape index (κ1) is 20.3. The van der Waals surface area contributed by atoms with Crippen LogP contribution in [0.2, 0.25) is 0 Å². The average Bonchev–Trinajstić information content (AvgIpc) is 3.35. The highest BCUT2D eigenvalue weighted by atomic mass is 16.2. The predicted octanol–water partition coefficient (Wildman–Crippen LogP) is 4.19. The Hall–Kier alpha value is -3.64. The molecule has 32 heavy (non-hydrogen) atoms. The maximum absolute atomic E-state index is 12.6. The van der Waals surface area contributed by atoms with Crippen LogP contribution in [0.25, 0.3) is 11.3 Å². The molecule has 1 fully saturated rings. The van der Waals surface area contributed by atoms with Gasteiger partial charge in [-0.25, -0.2) is 0 Å². The molecule has 0 spiro atoms. The lowest BCUT2D eigenvalue weighted by Crippen LogP contribution is -2.36. The summed E-state index contributed by atoms with van der Waals surface area (Å²) in [6.45, 7) is 3.32. The molecule has 0 bridgehead atoms. The second kappa shape index (κ2) is 8.85. The molecule has 2 amide bonds. The summed E-state index contributed by atoms with van der Waals surface area (Å²) >= 11 is 0. The zero-order chi connectivity index (χ0) is 21.9. The minimum Gasteiger partial charge on any atom is -0.361 e. The highest BCUT2D eigenvalue weighted by Crippen LogP contribution is 2.27. The number of benzene rings is 2. The Morgan fingerprint density at radius 3 is 2.38 bits per heavy atom. The number of carbonyl (C=O) groups is 2. The van der Waals surface area contributed by atoms with E-state index in [0.29, 0.717) is 16.7 Å². The van der Waals surface area contributed by atoms with Gasteiger partial charge in [0.15, 0.2) is 0 Å². The Kier molecular flexibility index (Phi) is 5.60. The van der Waals surface area contributed by atoms with Crippen LogP contribution in [0.5, 0.6) is 0 Å². The Labute approximate surface area is 187 Å². The van der Waals surface area contributed by atoms with Crippen molar-refractivity contribution in [3.05, 3.63) is 89.9 Å². The second-order valence-corrected chi connectivity index (χ2v) is 8.34. The number of hydrogen-bond donors (Lipinski definition) is 2. The van der Waals surface area contributed by atoms with Gasteiger partial charge in [-0.05, 0) is 74.0 Å². The average molecular weight is 427 g/mol. The van der Waals surface area contributed by atoms with Crippen LogP contribution in [0.4, 0.5) is 5.69 Å². The fraction of sp³-hybridized carbons (Fsp3) is 0.231. The summed E-state index contributed by atoms with van der Waals surface area (Å²) in [5.41, 5.74) is 4.63. The molecule has 1 saturated heterocycles. The molecule has 0 aliphatic carbocycles. The van der Waals surface area contributed by atoms with Crippen molar-refractivity contribution in [2.45, 2.75) is 25.8 Å². The molecule has 3 heterocycles.